The first-order chi connectivity index (χ1) is 7.56. The summed E-state index contributed by atoms with van der Waals surface area (Å²) in [6, 6.07) is 2.78. The van der Waals surface area contributed by atoms with Crippen molar-refractivity contribution in [3.63, 3.8) is 0 Å². The van der Waals surface area contributed by atoms with Crippen LogP contribution in [-0.2, 0) is 9.53 Å². The summed E-state index contributed by atoms with van der Waals surface area (Å²) in [5.74, 6) is 4.52. The molecule has 0 fully saturated rings. The van der Waals surface area contributed by atoms with E-state index >= 15 is 0 Å². The molecule has 0 radical (unpaired) electrons. The average molecular weight is 241 g/mol. The molecular weight excluding hydrogens is 231 g/mol. The fourth-order valence-corrected chi connectivity index (χ4v) is 1.24. The molecule has 16 heavy (non-hydrogen) atoms. The van der Waals surface area contributed by atoms with Crippen molar-refractivity contribution >= 4 is 17.6 Å². The molecule has 0 atom stereocenters. The largest absolute Gasteiger partial charge is 0.468 e. The Labute approximate surface area is 98.4 Å². The van der Waals surface area contributed by atoms with Gasteiger partial charge in [-0.1, -0.05) is 23.4 Å². The van der Waals surface area contributed by atoms with Crippen LogP contribution in [-0.4, -0.2) is 13.1 Å². The molecule has 0 spiro atoms. The van der Waals surface area contributed by atoms with Crippen LogP contribution in [0.1, 0.15) is 17.5 Å². The van der Waals surface area contributed by atoms with Gasteiger partial charge >= 0.3 is 5.97 Å². The SMILES string of the molecule is COC(=O)CC#Cc1ccc(F)c(C)c1Cl. The summed E-state index contributed by atoms with van der Waals surface area (Å²) >= 11 is 5.89. The van der Waals surface area contributed by atoms with Gasteiger partial charge in [0.1, 0.15) is 12.2 Å². The maximum Gasteiger partial charge on any atom is 0.317 e. The van der Waals surface area contributed by atoms with Gasteiger partial charge in [0.25, 0.3) is 0 Å². The quantitative estimate of drug-likeness (QED) is 0.557. The predicted octanol–water partition coefficient (Wildman–Crippen LogP) is 2.70. The van der Waals surface area contributed by atoms with Crippen LogP contribution in [0.5, 0.6) is 0 Å². The highest BCUT2D eigenvalue weighted by atomic mass is 35.5. The lowest BCUT2D eigenvalue weighted by atomic mass is 10.1. The Balaban J connectivity index is 2.90. The minimum atomic E-state index is -0.414. The van der Waals surface area contributed by atoms with Crippen LogP contribution in [0.15, 0.2) is 12.1 Å². The van der Waals surface area contributed by atoms with Gasteiger partial charge in [-0.2, -0.15) is 0 Å². The van der Waals surface area contributed by atoms with E-state index in [1.54, 1.807) is 6.92 Å². The number of hydrogen-bond acceptors (Lipinski definition) is 2. The molecule has 0 saturated heterocycles. The van der Waals surface area contributed by atoms with E-state index in [4.69, 9.17) is 11.6 Å². The normalized spacial score (nSPS) is 9.25. The molecule has 0 aliphatic heterocycles. The Kier molecular flexibility index (Phi) is 4.33. The summed E-state index contributed by atoms with van der Waals surface area (Å²) in [6.45, 7) is 1.57. The Morgan fingerprint density at radius 2 is 2.25 bits per heavy atom. The van der Waals surface area contributed by atoms with Crippen molar-refractivity contribution in [1.29, 1.82) is 0 Å². The maximum absolute atomic E-state index is 13.1. The number of benzene rings is 1. The minimum Gasteiger partial charge on any atom is -0.468 e. The number of esters is 1. The van der Waals surface area contributed by atoms with Gasteiger partial charge in [0.15, 0.2) is 0 Å². The van der Waals surface area contributed by atoms with E-state index in [1.165, 1.54) is 19.2 Å². The third-order valence-corrected chi connectivity index (χ3v) is 2.49. The molecule has 0 aliphatic rings. The van der Waals surface area contributed by atoms with Gasteiger partial charge in [-0.25, -0.2) is 4.39 Å². The van der Waals surface area contributed by atoms with Gasteiger partial charge in [-0.15, -0.1) is 0 Å². The smallest absolute Gasteiger partial charge is 0.317 e. The van der Waals surface area contributed by atoms with Gasteiger partial charge in [-0.05, 0) is 19.1 Å². The molecule has 0 bridgehead atoms. The van der Waals surface area contributed by atoms with Crippen LogP contribution in [0, 0.1) is 24.6 Å². The van der Waals surface area contributed by atoms with Crippen molar-refractivity contribution in [2.45, 2.75) is 13.3 Å². The zero-order valence-corrected chi connectivity index (χ0v) is 9.69. The molecule has 0 aliphatic carbocycles. The molecule has 2 nitrogen and oxygen atoms in total. The van der Waals surface area contributed by atoms with Crippen molar-refractivity contribution < 1.29 is 13.9 Å². The first-order valence-electron chi connectivity index (χ1n) is 4.56. The number of methoxy groups -OCH3 is 1. The molecule has 0 unspecified atom stereocenters. The summed E-state index contributed by atoms with van der Waals surface area (Å²) in [4.78, 5) is 10.8. The Morgan fingerprint density at radius 1 is 1.56 bits per heavy atom. The van der Waals surface area contributed by atoms with E-state index in [0.717, 1.165) is 0 Å². The maximum atomic E-state index is 13.1. The Hall–Kier alpha value is -1.53. The molecular formula is C12H10ClFO2. The second-order valence-electron chi connectivity index (χ2n) is 3.09. The standard InChI is InChI=1S/C12H10ClFO2/c1-8-10(14)7-6-9(12(8)13)4-3-5-11(15)16-2/h6-7H,5H2,1-2H3. The van der Waals surface area contributed by atoms with Gasteiger partial charge < -0.3 is 4.74 Å². The molecule has 1 aromatic rings. The van der Waals surface area contributed by atoms with Gasteiger partial charge in [0.05, 0.1) is 12.1 Å². The minimum absolute atomic E-state index is 0.0107. The number of hydrogen-bond donors (Lipinski definition) is 0. The van der Waals surface area contributed by atoms with Gasteiger partial charge in [-0.3, -0.25) is 4.79 Å². The molecule has 1 aromatic carbocycles. The highest BCUT2D eigenvalue weighted by Gasteiger charge is 2.05. The molecule has 0 saturated carbocycles. The van der Waals surface area contributed by atoms with E-state index in [2.05, 4.69) is 16.6 Å². The first-order valence-corrected chi connectivity index (χ1v) is 4.94. The number of halogens is 2. The number of ether oxygens (including phenoxy) is 1. The highest BCUT2D eigenvalue weighted by Crippen LogP contribution is 2.22. The summed E-state index contributed by atoms with van der Waals surface area (Å²) < 4.78 is 17.5. The molecule has 0 aromatic heterocycles. The number of carbonyl (C=O) groups excluding carboxylic acids is 1. The lowest BCUT2D eigenvalue weighted by Crippen LogP contribution is -1.97. The summed E-state index contributed by atoms with van der Waals surface area (Å²) in [5, 5.41) is 0.275. The average Bonchev–Trinajstić information content (AvgIpc) is 2.29. The topological polar surface area (TPSA) is 26.3 Å². The predicted molar refractivity (Wildman–Crippen MR) is 59.7 cm³/mol. The Bertz CT molecular complexity index is 472. The highest BCUT2D eigenvalue weighted by molar-refractivity contribution is 6.32. The van der Waals surface area contributed by atoms with E-state index in [0.29, 0.717) is 11.1 Å². The molecule has 84 valence electrons. The molecule has 4 heteroatoms. The van der Waals surface area contributed by atoms with Gasteiger partial charge in [0, 0.05) is 11.1 Å². The molecule has 0 heterocycles. The van der Waals surface area contributed by atoms with Crippen LogP contribution in [0.4, 0.5) is 4.39 Å². The van der Waals surface area contributed by atoms with Crippen molar-refractivity contribution in [3.8, 4) is 11.8 Å². The fraction of sp³-hybridized carbons (Fsp3) is 0.250. The van der Waals surface area contributed by atoms with Gasteiger partial charge in [0.2, 0.25) is 0 Å². The molecule has 0 amide bonds. The van der Waals surface area contributed by atoms with E-state index < -0.39 is 5.97 Å². The van der Waals surface area contributed by atoms with Crippen molar-refractivity contribution in [2.75, 3.05) is 7.11 Å². The zero-order chi connectivity index (χ0) is 12.1. The van der Waals surface area contributed by atoms with E-state index in [1.807, 2.05) is 0 Å². The van der Waals surface area contributed by atoms with E-state index in [-0.39, 0.29) is 17.3 Å². The first kappa shape index (κ1) is 12.5. The fourth-order valence-electron chi connectivity index (χ4n) is 1.04. The summed E-state index contributed by atoms with van der Waals surface area (Å²) in [6.07, 6.45) is -0.0107. The summed E-state index contributed by atoms with van der Waals surface area (Å²) in [5.41, 5.74) is 0.857. The van der Waals surface area contributed by atoms with Crippen LogP contribution in [0.25, 0.3) is 0 Å². The second kappa shape index (κ2) is 5.53. The zero-order valence-electron chi connectivity index (χ0n) is 8.93. The lowest BCUT2D eigenvalue weighted by molar-refractivity contribution is -0.139. The lowest BCUT2D eigenvalue weighted by Gasteiger charge is -2.01. The Morgan fingerprint density at radius 3 is 2.88 bits per heavy atom. The second-order valence-corrected chi connectivity index (χ2v) is 3.47. The third kappa shape index (κ3) is 2.98. The van der Waals surface area contributed by atoms with Crippen LogP contribution >= 0.6 is 11.6 Å². The van der Waals surface area contributed by atoms with E-state index in [9.17, 15) is 9.18 Å². The van der Waals surface area contributed by atoms with Crippen LogP contribution < -0.4 is 0 Å². The van der Waals surface area contributed by atoms with Crippen LogP contribution in [0.3, 0.4) is 0 Å². The molecule has 1 rings (SSSR count). The van der Waals surface area contributed by atoms with Crippen molar-refractivity contribution in [1.82, 2.24) is 0 Å². The van der Waals surface area contributed by atoms with Crippen molar-refractivity contribution in [3.05, 3.63) is 34.1 Å². The third-order valence-electron chi connectivity index (χ3n) is 2.00. The molecule has 0 N–H and O–H groups in total. The monoisotopic (exact) mass is 240 g/mol. The summed E-state index contributed by atoms with van der Waals surface area (Å²) in [7, 11) is 1.29. The van der Waals surface area contributed by atoms with Crippen LogP contribution in [0.2, 0.25) is 5.02 Å². The van der Waals surface area contributed by atoms with Crippen molar-refractivity contribution in [2.24, 2.45) is 0 Å². The number of rotatable bonds is 1. The number of carbonyl (C=O) groups is 1.